The van der Waals surface area contributed by atoms with Crippen LogP contribution in [0.2, 0.25) is 0 Å². The molecule has 0 aliphatic rings. The number of unbranched alkanes of at least 4 members (excludes halogenated alkanes) is 32. The van der Waals surface area contributed by atoms with Gasteiger partial charge in [-0.25, -0.2) is 0 Å². The van der Waals surface area contributed by atoms with E-state index < -0.39 is 12.1 Å². The Morgan fingerprint density at radius 3 is 0.986 bits per heavy atom. The quantitative estimate of drug-likeness (QED) is 0.0420. The van der Waals surface area contributed by atoms with Crippen molar-refractivity contribution in [2.75, 3.05) is 6.61 Å². The zero-order chi connectivity index (χ0) is 51.3. The van der Waals surface area contributed by atoms with Gasteiger partial charge in [-0.2, -0.15) is 0 Å². The number of rotatable bonds is 55. The molecule has 3 N–H and O–H groups in total. The van der Waals surface area contributed by atoms with Gasteiger partial charge in [0.05, 0.1) is 18.8 Å². The summed E-state index contributed by atoms with van der Waals surface area (Å²) in [6, 6.07) is -0.647. The van der Waals surface area contributed by atoms with E-state index in [2.05, 4.69) is 116 Å². The van der Waals surface area contributed by atoms with E-state index >= 15 is 0 Å². The van der Waals surface area contributed by atoms with Crippen molar-refractivity contribution in [3.63, 3.8) is 0 Å². The van der Waals surface area contributed by atoms with Crippen LogP contribution in [0.5, 0.6) is 0 Å². The lowest BCUT2D eigenvalue weighted by Gasteiger charge is -2.19. The molecule has 408 valence electrons. The minimum Gasteiger partial charge on any atom is -0.394 e. The summed E-state index contributed by atoms with van der Waals surface area (Å²) in [7, 11) is 0. The van der Waals surface area contributed by atoms with E-state index in [1.807, 2.05) is 6.08 Å². The molecule has 0 spiro atoms. The van der Waals surface area contributed by atoms with Crippen LogP contribution in [0.15, 0.2) is 109 Å². The van der Waals surface area contributed by atoms with E-state index in [1.165, 1.54) is 193 Å². The van der Waals surface area contributed by atoms with Gasteiger partial charge in [-0.1, -0.05) is 303 Å². The summed E-state index contributed by atoms with van der Waals surface area (Å²) in [6.45, 7) is 4.20. The van der Waals surface area contributed by atoms with Crippen molar-refractivity contribution < 1.29 is 15.0 Å². The molecule has 0 bridgehead atoms. The molecule has 0 saturated carbocycles. The third-order valence-electron chi connectivity index (χ3n) is 13.5. The fourth-order valence-electron chi connectivity index (χ4n) is 8.88. The smallest absolute Gasteiger partial charge is 0.220 e. The standard InChI is InChI=1S/C67H117NO3/c1-3-5-7-9-11-13-15-17-19-21-23-25-27-29-30-31-32-33-34-35-36-37-38-39-41-43-45-47-49-51-53-55-57-59-61-63-67(71)68-65(64-69)66(70)62-60-58-56-54-52-50-48-46-44-42-40-28-26-24-22-20-18-16-14-12-10-8-6-4-2/h5,7,11,13,17,19,23,25,29-30,32-33,35-36,52,54,60,62,65-66,69-70H,3-4,6,8-10,12,14-16,18,20-22,24,26-28,31,34,37-51,53,55-59,61,63-64H2,1-2H3,(H,68,71)/b7-5-,13-11-,19-17-,25-23-,30-29-,33-32-,36-35-,54-52+,62-60+. The van der Waals surface area contributed by atoms with Gasteiger partial charge in [-0.15, -0.1) is 0 Å². The van der Waals surface area contributed by atoms with Gasteiger partial charge in [0.25, 0.3) is 0 Å². The highest BCUT2D eigenvalue weighted by atomic mass is 16.3. The number of aliphatic hydroxyl groups is 2. The van der Waals surface area contributed by atoms with Crippen molar-refractivity contribution in [3.8, 4) is 0 Å². The molecule has 0 saturated heterocycles. The highest BCUT2D eigenvalue weighted by Gasteiger charge is 2.18. The Hall–Kier alpha value is -2.95. The molecule has 4 heteroatoms. The van der Waals surface area contributed by atoms with E-state index in [-0.39, 0.29) is 12.5 Å². The Labute approximate surface area is 442 Å². The molecule has 2 unspecified atom stereocenters. The molecule has 0 fully saturated rings. The molecule has 0 aromatic carbocycles. The lowest BCUT2D eigenvalue weighted by molar-refractivity contribution is -0.123. The predicted molar refractivity (Wildman–Crippen MR) is 317 cm³/mol. The first-order valence-corrected chi connectivity index (χ1v) is 30.6. The van der Waals surface area contributed by atoms with E-state index in [0.29, 0.717) is 6.42 Å². The number of hydrogen-bond acceptors (Lipinski definition) is 3. The van der Waals surface area contributed by atoms with Crippen molar-refractivity contribution in [2.24, 2.45) is 0 Å². The Morgan fingerprint density at radius 2 is 0.634 bits per heavy atom. The van der Waals surface area contributed by atoms with Crippen molar-refractivity contribution in [1.29, 1.82) is 0 Å². The molecular weight excluding hydrogens is 867 g/mol. The molecule has 0 aromatic rings. The van der Waals surface area contributed by atoms with E-state index in [4.69, 9.17) is 0 Å². The van der Waals surface area contributed by atoms with Crippen molar-refractivity contribution in [3.05, 3.63) is 109 Å². The largest absolute Gasteiger partial charge is 0.394 e. The molecule has 0 radical (unpaired) electrons. The minimum atomic E-state index is -0.870. The van der Waals surface area contributed by atoms with Crippen LogP contribution in [0.25, 0.3) is 0 Å². The number of carbonyl (C=O) groups is 1. The van der Waals surface area contributed by atoms with E-state index in [9.17, 15) is 15.0 Å². The van der Waals surface area contributed by atoms with Crippen molar-refractivity contribution in [2.45, 2.75) is 302 Å². The third kappa shape index (κ3) is 57.8. The van der Waals surface area contributed by atoms with Crippen LogP contribution in [-0.4, -0.2) is 34.9 Å². The molecule has 1 amide bonds. The molecular formula is C67H117NO3. The maximum Gasteiger partial charge on any atom is 0.220 e. The first-order valence-electron chi connectivity index (χ1n) is 30.6. The van der Waals surface area contributed by atoms with Crippen LogP contribution in [0.3, 0.4) is 0 Å². The maximum absolute atomic E-state index is 12.5. The summed E-state index contributed by atoms with van der Waals surface area (Å²) in [5, 5.41) is 23.2. The molecule has 0 aliphatic heterocycles. The van der Waals surface area contributed by atoms with Crippen LogP contribution in [0, 0.1) is 0 Å². The average Bonchev–Trinajstić information content (AvgIpc) is 3.37. The van der Waals surface area contributed by atoms with Crippen molar-refractivity contribution in [1.82, 2.24) is 5.32 Å². The third-order valence-corrected chi connectivity index (χ3v) is 13.5. The van der Waals surface area contributed by atoms with Gasteiger partial charge in [0.15, 0.2) is 0 Å². The Morgan fingerprint density at radius 1 is 0.352 bits per heavy atom. The van der Waals surface area contributed by atoms with Crippen LogP contribution >= 0.6 is 0 Å². The summed E-state index contributed by atoms with van der Waals surface area (Å²) < 4.78 is 0. The lowest BCUT2D eigenvalue weighted by atomic mass is 10.0. The van der Waals surface area contributed by atoms with Crippen LogP contribution in [0.1, 0.15) is 290 Å². The molecule has 0 aromatic heterocycles. The normalized spacial score (nSPS) is 13.6. The number of amides is 1. The summed E-state index contributed by atoms with van der Waals surface area (Å²) in [4.78, 5) is 12.5. The Kier molecular flexibility index (Phi) is 58.8. The minimum absolute atomic E-state index is 0.0765. The second-order valence-electron chi connectivity index (χ2n) is 20.4. The van der Waals surface area contributed by atoms with E-state index in [0.717, 1.165) is 77.0 Å². The summed E-state index contributed by atoms with van der Waals surface area (Å²) >= 11 is 0. The Bertz CT molecular complexity index is 1350. The molecule has 4 nitrogen and oxygen atoms in total. The van der Waals surface area contributed by atoms with Gasteiger partial charge in [0.1, 0.15) is 0 Å². The Balaban J connectivity index is 3.56. The topological polar surface area (TPSA) is 69.6 Å². The second-order valence-corrected chi connectivity index (χ2v) is 20.4. The summed E-state index contributed by atoms with van der Waals surface area (Å²) in [5.74, 6) is -0.0765. The van der Waals surface area contributed by atoms with Crippen molar-refractivity contribution >= 4 is 5.91 Å². The zero-order valence-corrected chi connectivity index (χ0v) is 47.0. The van der Waals surface area contributed by atoms with Gasteiger partial charge in [0, 0.05) is 6.42 Å². The summed E-state index contributed by atoms with van der Waals surface area (Å²) in [5.41, 5.74) is 0. The van der Waals surface area contributed by atoms with Crippen LogP contribution in [0.4, 0.5) is 0 Å². The molecule has 0 rings (SSSR count). The number of aliphatic hydroxyl groups excluding tert-OH is 2. The van der Waals surface area contributed by atoms with Gasteiger partial charge >= 0.3 is 0 Å². The fourth-order valence-corrected chi connectivity index (χ4v) is 8.88. The fraction of sp³-hybridized carbons (Fsp3) is 0.716. The first kappa shape index (κ1) is 68.0. The van der Waals surface area contributed by atoms with E-state index in [1.54, 1.807) is 6.08 Å². The van der Waals surface area contributed by atoms with Gasteiger partial charge in [-0.05, 0) is 89.9 Å². The lowest BCUT2D eigenvalue weighted by Crippen LogP contribution is -2.45. The highest BCUT2D eigenvalue weighted by molar-refractivity contribution is 5.76. The SMILES string of the molecule is CC/C=C\C/C=C\C/C=C\C/C=C\C/C=C\C/C=C\C/C=C\CCCCCCCCCCCCCCCC(=O)NC(CO)C(O)/C=C/CC/C=C/CCCCCCCCCCCCCCCCCCCC. The number of allylic oxidation sites excluding steroid dienone is 17. The molecule has 2 atom stereocenters. The second kappa shape index (κ2) is 61.4. The van der Waals surface area contributed by atoms with Gasteiger partial charge in [0.2, 0.25) is 5.91 Å². The highest BCUT2D eigenvalue weighted by Crippen LogP contribution is 2.16. The number of nitrogens with one attached hydrogen (secondary N) is 1. The zero-order valence-electron chi connectivity index (χ0n) is 47.0. The average molecular weight is 985 g/mol. The first-order chi connectivity index (χ1) is 35.2. The number of hydrogen-bond donors (Lipinski definition) is 3. The van der Waals surface area contributed by atoms with Gasteiger partial charge < -0.3 is 15.5 Å². The van der Waals surface area contributed by atoms with Crippen LogP contribution in [-0.2, 0) is 4.79 Å². The monoisotopic (exact) mass is 984 g/mol. The molecule has 71 heavy (non-hydrogen) atoms. The molecule has 0 aliphatic carbocycles. The maximum atomic E-state index is 12.5. The predicted octanol–water partition coefficient (Wildman–Crippen LogP) is 20.6. The van der Waals surface area contributed by atoms with Gasteiger partial charge in [-0.3, -0.25) is 4.79 Å². The number of carbonyl (C=O) groups excluding carboxylic acids is 1. The molecule has 0 heterocycles. The summed E-state index contributed by atoms with van der Waals surface area (Å²) in [6.07, 6.45) is 92.7. The van der Waals surface area contributed by atoms with Crippen LogP contribution < -0.4 is 5.32 Å².